The van der Waals surface area contributed by atoms with Gasteiger partial charge >= 0.3 is 0 Å². The van der Waals surface area contributed by atoms with Crippen molar-refractivity contribution in [2.75, 3.05) is 0 Å². The van der Waals surface area contributed by atoms with Crippen LogP contribution in [-0.4, -0.2) is 4.98 Å². The molecule has 1 aromatic heterocycles. The SMILES string of the molecule is Cc1ccc(CC(Cl)c2cc(Br)ccc2I)nc1. The van der Waals surface area contributed by atoms with E-state index in [0.717, 1.165) is 22.2 Å². The zero-order valence-electron chi connectivity index (χ0n) is 9.83. The second-order valence-corrected chi connectivity index (χ2v) is 6.77. The molecule has 0 amide bonds. The molecule has 0 fully saturated rings. The van der Waals surface area contributed by atoms with E-state index in [-0.39, 0.29) is 5.38 Å². The minimum Gasteiger partial charge on any atom is -0.261 e. The topological polar surface area (TPSA) is 12.9 Å². The molecule has 1 heterocycles. The summed E-state index contributed by atoms with van der Waals surface area (Å²) >= 11 is 12.3. The number of aryl methyl sites for hydroxylation is 1. The highest BCUT2D eigenvalue weighted by atomic mass is 127. The summed E-state index contributed by atoms with van der Waals surface area (Å²) in [5, 5.41) is -0.0513. The molecule has 0 bridgehead atoms. The minimum absolute atomic E-state index is 0.0513. The molecule has 2 aromatic rings. The van der Waals surface area contributed by atoms with Gasteiger partial charge in [0.1, 0.15) is 0 Å². The molecule has 0 N–H and O–H groups in total. The van der Waals surface area contributed by atoms with Crippen LogP contribution in [0.4, 0.5) is 0 Å². The Morgan fingerprint density at radius 2 is 2.11 bits per heavy atom. The van der Waals surface area contributed by atoms with Crippen LogP contribution in [0.5, 0.6) is 0 Å². The largest absolute Gasteiger partial charge is 0.261 e. The highest BCUT2D eigenvalue weighted by Crippen LogP contribution is 2.30. The van der Waals surface area contributed by atoms with Crippen LogP contribution in [0.1, 0.15) is 22.2 Å². The number of hydrogen-bond acceptors (Lipinski definition) is 1. The van der Waals surface area contributed by atoms with Crippen molar-refractivity contribution in [3.05, 3.63) is 61.4 Å². The van der Waals surface area contributed by atoms with Crippen LogP contribution in [-0.2, 0) is 6.42 Å². The predicted molar refractivity (Wildman–Crippen MR) is 88.1 cm³/mol. The normalized spacial score (nSPS) is 12.4. The summed E-state index contributed by atoms with van der Waals surface area (Å²) in [6.45, 7) is 2.03. The molecule has 1 nitrogen and oxygen atoms in total. The van der Waals surface area contributed by atoms with E-state index in [0.29, 0.717) is 0 Å². The average Bonchev–Trinajstić information content (AvgIpc) is 2.35. The number of rotatable bonds is 3. The number of hydrogen-bond donors (Lipinski definition) is 0. The van der Waals surface area contributed by atoms with Crippen LogP contribution in [0.2, 0.25) is 0 Å². The Labute approximate surface area is 134 Å². The first-order valence-electron chi connectivity index (χ1n) is 5.57. The molecule has 0 aliphatic rings. The second kappa shape index (κ2) is 6.35. The molecule has 94 valence electrons. The van der Waals surface area contributed by atoms with Gasteiger partial charge in [-0.25, -0.2) is 0 Å². The van der Waals surface area contributed by atoms with Crippen molar-refractivity contribution in [2.45, 2.75) is 18.7 Å². The first-order valence-corrected chi connectivity index (χ1v) is 7.87. The van der Waals surface area contributed by atoms with Crippen molar-refractivity contribution in [1.82, 2.24) is 4.98 Å². The van der Waals surface area contributed by atoms with E-state index in [1.165, 1.54) is 9.13 Å². The Morgan fingerprint density at radius 1 is 1.33 bits per heavy atom. The summed E-state index contributed by atoms with van der Waals surface area (Å²) < 4.78 is 2.24. The van der Waals surface area contributed by atoms with Crippen LogP contribution < -0.4 is 0 Å². The summed E-state index contributed by atoms with van der Waals surface area (Å²) in [4.78, 5) is 4.40. The maximum absolute atomic E-state index is 6.49. The Bertz CT molecular complexity index is 542. The van der Waals surface area contributed by atoms with Gasteiger partial charge in [-0.2, -0.15) is 0 Å². The number of nitrogens with zero attached hydrogens (tertiary/aromatic N) is 1. The van der Waals surface area contributed by atoms with Crippen LogP contribution in [0.15, 0.2) is 41.0 Å². The van der Waals surface area contributed by atoms with E-state index in [9.17, 15) is 0 Å². The third-order valence-corrected chi connectivity index (χ3v) is 4.52. The molecule has 0 spiro atoms. The zero-order valence-corrected chi connectivity index (χ0v) is 14.3. The van der Waals surface area contributed by atoms with E-state index in [4.69, 9.17) is 11.6 Å². The molecule has 0 saturated heterocycles. The van der Waals surface area contributed by atoms with Gasteiger partial charge < -0.3 is 0 Å². The van der Waals surface area contributed by atoms with Crippen molar-refractivity contribution < 1.29 is 0 Å². The summed E-state index contributed by atoms with van der Waals surface area (Å²) in [5.74, 6) is 0. The fourth-order valence-electron chi connectivity index (χ4n) is 1.67. The minimum atomic E-state index is -0.0513. The first kappa shape index (κ1) is 14.3. The molecule has 0 aliphatic heterocycles. The summed E-state index contributed by atoms with van der Waals surface area (Å²) in [6, 6.07) is 10.3. The number of halogens is 3. The highest BCUT2D eigenvalue weighted by Gasteiger charge is 2.13. The van der Waals surface area contributed by atoms with Gasteiger partial charge in [-0.05, 0) is 64.9 Å². The maximum Gasteiger partial charge on any atom is 0.0651 e. The van der Waals surface area contributed by atoms with Gasteiger partial charge in [0.05, 0.1) is 5.38 Å². The van der Waals surface area contributed by atoms with Gasteiger partial charge in [0, 0.05) is 26.4 Å². The average molecular weight is 437 g/mol. The standard InChI is InChI=1S/C14H12BrClIN/c1-9-2-4-11(18-8-9)7-13(16)12-6-10(15)3-5-14(12)17/h2-6,8,13H,7H2,1H3. The lowest BCUT2D eigenvalue weighted by Crippen LogP contribution is -2.00. The molecule has 0 saturated carbocycles. The van der Waals surface area contributed by atoms with Gasteiger partial charge in [-0.3, -0.25) is 4.98 Å². The molecule has 1 unspecified atom stereocenters. The van der Waals surface area contributed by atoms with Gasteiger partial charge in [0.25, 0.3) is 0 Å². The fourth-order valence-corrected chi connectivity index (χ4v) is 3.28. The molecule has 2 rings (SSSR count). The molecule has 4 heteroatoms. The van der Waals surface area contributed by atoms with Gasteiger partial charge in [0.2, 0.25) is 0 Å². The van der Waals surface area contributed by atoms with Gasteiger partial charge in [0.15, 0.2) is 0 Å². The number of benzene rings is 1. The van der Waals surface area contributed by atoms with Crippen LogP contribution in [0.3, 0.4) is 0 Å². The smallest absolute Gasteiger partial charge is 0.0651 e. The van der Waals surface area contributed by atoms with E-state index < -0.39 is 0 Å². The Balaban J connectivity index is 2.18. The Kier molecular flexibility index (Phi) is 5.04. The predicted octanol–water partition coefficient (Wildman–Crippen LogP) is 5.28. The van der Waals surface area contributed by atoms with Crippen LogP contribution >= 0.6 is 50.1 Å². The van der Waals surface area contributed by atoms with E-state index in [2.05, 4.69) is 61.7 Å². The van der Waals surface area contributed by atoms with Crippen molar-refractivity contribution in [1.29, 1.82) is 0 Å². The quantitative estimate of drug-likeness (QED) is 0.471. The van der Waals surface area contributed by atoms with Crippen LogP contribution in [0, 0.1) is 10.5 Å². The Hall–Kier alpha value is -0.130. The molecular formula is C14H12BrClIN. The second-order valence-electron chi connectivity index (χ2n) is 4.16. The van der Waals surface area contributed by atoms with Gasteiger partial charge in [-0.15, -0.1) is 11.6 Å². The lowest BCUT2D eigenvalue weighted by atomic mass is 10.1. The molecule has 0 aliphatic carbocycles. The monoisotopic (exact) mass is 435 g/mol. The third kappa shape index (κ3) is 3.68. The number of pyridine rings is 1. The summed E-state index contributed by atoms with van der Waals surface area (Å²) in [7, 11) is 0. The lowest BCUT2D eigenvalue weighted by molar-refractivity contribution is 0.873. The molecule has 18 heavy (non-hydrogen) atoms. The molecule has 1 atom stereocenters. The van der Waals surface area contributed by atoms with Crippen LogP contribution in [0.25, 0.3) is 0 Å². The Morgan fingerprint density at radius 3 is 2.78 bits per heavy atom. The maximum atomic E-state index is 6.49. The molecular weight excluding hydrogens is 424 g/mol. The number of aromatic nitrogens is 1. The van der Waals surface area contributed by atoms with Crippen molar-refractivity contribution in [3.8, 4) is 0 Å². The third-order valence-electron chi connectivity index (χ3n) is 2.66. The van der Waals surface area contributed by atoms with Crippen molar-refractivity contribution in [2.24, 2.45) is 0 Å². The highest BCUT2D eigenvalue weighted by molar-refractivity contribution is 14.1. The molecule has 0 radical (unpaired) electrons. The van der Waals surface area contributed by atoms with Gasteiger partial charge in [-0.1, -0.05) is 22.0 Å². The van der Waals surface area contributed by atoms with Crippen molar-refractivity contribution >= 4 is 50.1 Å². The van der Waals surface area contributed by atoms with E-state index in [1.54, 1.807) is 0 Å². The fraction of sp³-hybridized carbons (Fsp3) is 0.214. The zero-order chi connectivity index (χ0) is 13.1. The molecule has 1 aromatic carbocycles. The number of alkyl halides is 1. The van der Waals surface area contributed by atoms with E-state index >= 15 is 0 Å². The first-order chi connectivity index (χ1) is 8.56. The van der Waals surface area contributed by atoms with E-state index in [1.807, 2.05) is 25.3 Å². The summed E-state index contributed by atoms with van der Waals surface area (Å²) in [6.07, 6.45) is 2.62. The lowest BCUT2D eigenvalue weighted by Gasteiger charge is -2.12. The van der Waals surface area contributed by atoms with Crippen molar-refractivity contribution in [3.63, 3.8) is 0 Å². The summed E-state index contributed by atoms with van der Waals surface area (Å²) in [5.41, 5.74) is 3.34.